The lowest BCUT2D eigenvalue weighted by molar-refractivity contribution is -0.281. The van der Waals surface area contributed by atoms with Crippen LogP contribution in [0.15, 0.2) is 0 Å². The monoisotopic (exact) mass is 300 g/mol. The van der Waals surface area contributed by atoms with Gasteiger partial charge in [-0.15, -0.1) is 0 Å². The molecule has 0 atom stereocenters. The van der Waals surface area contributed by atoms with Gasteiger partial charge >= 0.3 is 0 Å². The lowest BCUT2D eigenvalue weighted by atomic mass is 10.0. The van der Waals surface area contributed by atoms with Gasteiger partial charge in [0.15, 0.2) is 12.6 Å². The summed E-state index contributed by atoms with van der Waals surface area (Å²) in [5.74, 6) is 0.787. The van der Waals surface area contributed by atoms with Crippen LogP contribution < -0.4 is 0 Å². The molecule has 21 heavy (non-hydrogen) atoms. The minimum atomic E-state index is -0.139. The maximum atomic E-state index is 5.89. The molecule has 0 aromatic rings. The average Bonchev–Trinajstić information content (AvgIpc) is 2.54. The Morgan fingerprint density at radius 1 is 0.714 bits per heavy atom. The predicted octanol–water partition coefficient (Wildman–Crippen LogP) is 3.74. The smallest absolute Gasteiger partial charge is 0.164 e. The molecule has 124 valence electrons. The van der Waals surface area contributed by atoms with Crippen LogP contribution in [-0.2, 0) is 18.9 Å². The molecule has 2 saturated heterocycles. The molecule has 2 aliphatic heterocycles. The third kappa shape index (κ3) is 5.85. The van der Waals surface area contributed by atoms with Crippen LogP contribution in [0, 0.1) is 11.8 Å². The number of ether oxygens (including phenoxy) is 4. The Labute approximate surface area is 129 Å². The van der Waals surface area contributed by atoms with Gasteiger partial charge in [0.25, 0.3) is 0 Å². The molecule has 0 aromatic heterocycles. The minimum Gasteiger partial charge on any atom is -0.352 e. The lowest BCUT2D eigenvalue weighted by Crippen LogP contribution is -2.44. The molecule has 2 heterocycles. The molecule has 0 spiro atoms. The summed E-state index contributed by atoms with van der Waals surface area (Å²) in [5, 5.41) is 0. The largest absolute Gasteiger partial charge is 0.352 e. The van der Waals surface area contributed by atoms with E-state index in [0.717, 1.165) is 26.1 Å². The van der Waals surface area contributed by atoms with Crippen molar-refractivity contribution in [2.45, 2.75) is 71.4 Å². The van der Waals surface area contributed by atoms with Crippen molar-refractivity contribution in [2.75, 3.05) is 26.4 Å². The number of hydrogen-bond acceptors (Lipinski definition) is 4. The zero-order valence-corrected chi connectivity index (χ0v) is 13.7. The summed E-state index contributed by atoms with van der Waals surface area (Å²) in [4.78, 5) is 0. The van der Waals surface area contributed by atoms with Gasteiger partial charge in [-0.3, -0.25) is 0 Å². The Morgan fingerprint density at radius 2 is 1.38 bits per heavy atom. The Morgan fingerprint density at radius 3 is 2.00 bits per heavy atom. The van der Waals surface area contributed by atoms with E-state index >= 15 is 0 Å². The molecule has 0 amide bonds. The van der Waals surface area contributed by atoms with E-state index in [1.165, 1.54) is 32.1 Å². The van der Waals surface area contributed by atoms with E-state index in [1.54, 1.807) is 0 Å². The van der Waals surface area contributed by atoms with E-state index in [9.17, 15) is 0 Å². The Kier molecular flexibility index (Phi) is 8.01. The van der Waals surface area contributed by atoms with E-state index < -0.39 is 0 Å². The third-order valence-corrected chi connectivity index (χ3v) is 4.38. The summed E-state index contributed by atoms with van der Waals surface area (Å²) in [6.45, 7) is 7.46. The zero-order chi connectivity index (χ0) is 14.9. The predicted molar refractivity (Wildman–Crippen MR) is 82.0 cm³/mol. The first-order valence-electron chi connectivity index (χ1n) is 8.79. The van der Waals surface area contributed by atoms with Gasteiger partial charge in [-0.1, -0.05) is 39.5 Å². The topological polar surface area (TPSA) is 36.9 Å². The van der Waals surface area contributed by atoms with Crippen LogP contribution in [0.5, 0.6) is 0 Å². The van der Waals surface area contributed by atoms with Crippen molar-refractivity contribution in [1.29, 1.82) is 0 Å². The first kappa shape index (κ1) is 17.2. The van der Waals surface area contributed by atoms with Crippen molar-refractivity contribution in [1.82, 2.24) is 0 Å². The minimum absolute atomic E-state index is 0.0217. The molecule has 0 saturated carbocycles. The molecular weight excluding hydrogens is 268 g/mol. The Hall–Kier alpha value is -0.160. The van der Waals surface area contributed by atoms with E-state index in [-0.39, 0.29) is 18.5 Å². The molecule has 0 bridgehead atoms. The van der Waals surface area contributed by atoms with Crippen LogP contribution in [-0.4, -0.2) is 39.0 Å². The van der Waals surface area contributed by atoms with E-state index in [1.807, 2.05) is 0 Å². The van der Waals surface area contributed by atoms with E-state index in [0.29, 0.717) is 19.1 Å². The third-order valence-electron chi connectivity index (χ3n) is 4.38. The highest BCUT2D eigenvalue weighted by atomic mass is 16.7. The fraction of sp³-hybridized carbons (Fsp3) is 1.00. The van der Waals surface area contributed by atoms with Crippen molar-refractivity contribution in [3.8, 4) is 0 Å². The molecule has 0 radical (unpaired) electrons. The maximum absolute atomic E-state index is 5.89. The molecule has 0 unspecified atom stereocenters. The van der Waals surface area contributed by atoms with Gasteiger partial charge < -0.3 is 18.9 Å². The normalized spacial score (nSPS) is 34.0. The molecule has 0 aliphatic carbocycles. The lowest BCUT2D eigenvalue weighted by Gasteiger charge is -2.37. The van der Waals surface area contributed by atoms with E-state index in [2.05, 4.69) is 13.8 Å². The second-order valence-electron chi connectivity index (χ2n) is 6.40. The molecule has 2 aliphatic rings. The van der Waals surface area contributed by atoms with Crippen molar-refractivity contribution in [2.24, 2.45) is 11.8 Å². The number of unbranched alkanes of at least 4 members (excludes halogenated alkanes) is 3. The molecule has 2 rings (SSSR count). The van der Waals surface area contributed by atoms with Gasteiger partial charge in [0.05, 0.1) is 32.3 Å². The highest BCUT2D eigenvalue weighted by Gasteiger charge is 2.33. The van der Waals surface area contributed by atoms with Gasteiger partial charge in [0.2, 0.25) is 0 Å². The quantitative estimate of drug-likeness (QED) is 0.640. The highest BCUT2D eigenvalue weighted by Crippen LogP contribution is 2.25. The molecule has 2 fully saturated rings. The van der Waals surface area contributed by atoms with Gasteiger partial charge in [-0.05, 0) is 19.3 Å². The summed E-state index contributed by atoms with van der Waals surface area (Å²) >= 11 is 0. The Bertz CT molecular complexity index is 256. The van der Waals surface area contributed by atoms with Gasteiger partial charge in [0, 0.05) is 5.92 Å². The first-order valence-corrected chi connectivity index (χ1v) is 8.79. The van der Waals surface area contributed by atoms with E-state index in [4.69, 9.17) is 18.9 Å². The van der Waals surface area contributed by atoms with Crippen LogP contribution in [0.25, 0.3) is 0 Å². The maximum Gasteiger partial charge on any atom is 0.164 e. The van der Waals surface area contributed by atoms with Crippen LogP contribution in [0.2, 0.25) is 0 Å². The summed E-state index contributed by atoms with van der Waals surface area (Å²) < 4.78 is 23.3. The van der Waals surface area contributed by atoms with Gasteiger partial charge in [-0.25, -0.2) is 0 Å². The fourth-order valence-electron chi connectivity index (χ4n) is 2.93. The summed E-state index contributed by atoms with van der Waals surface area (Å²) in [5.41, 5.74) is 0. The first-order chi connectivity index (χ1) is 10.3. The van der Waals surface area contributed by atoms with Crippen LogP contribution in [0.4, 0.5) is 0 Å². The standard InChI is InChI=1S/C17H32O4/c1-3-5-7-8-14-10-20-17(21-11-14)15-12-18-16(19-13-15)9-6-4-2/h14-17H,3-13H2,1-2H3/t14-,15?,16?,17-. The Balaban J connectivity index is 1.60. The van der Waals surface area contributed by atoms with Crippen molar-refractivity contribution in [3.05, 3.63) is 0 Å². The zero-order valence-electron chi connectivity index (χ0n) is 13.7. The summed E-state index contributed by atoms with van der Waals surface area (Å²) in [6.07, 6.45) is 8.26. The SMILES string of the molecule is CCCCC[C@H]1CO[C@H](C2COC(CCCC)OC2)OC1. The van der Waals surface area contributed by atoms with Crippen molar-refractivity contribution < 1.29 is 18.9 Å². The molecule has 0 aromatic carbocycles. The molecule has 4 nitrogen and oxygen atoms in total. The summed E-state index contributed by atoms with van der Waals surface area (Å²) in [6, 6.07) is 0. The average molecular weight is 300 g/mol. The molecular formula is C17H32O4. The molecule has 0 N–H and O–H groups in total. The van der Waals surface area contributed by atoms with Gasteiger partial charge in [0.1, 0.15) is 0 Å². The van der Waals surface area contributed by atoms with Gasteiger partial charge in [-0.2, -0.15) is 0 Å². The van der Waals surface area contributed by atoms with Crippen molar-refractivity contribution >= 4 is 0 Å². The number of hydrogen-bond donors (Lipinski definition) is 0. The molecule has 4 heteroatoms. The van der Waals surface area contributed by atoms with Crippen LogP contribution in [0.3, 0.4) is 0 Å². The second kappa shape index (κ2) is 9.78. The number of rotatable bonds is 8. The highest BCUT2D eigenvalue weighted by molar-refractivity contribution is 4.72. The fourth-order valence-corrected chi connectivity index (χ4v) is 2.93. The van der Waals surface area contributed by atoms with Crippen LogP contribution in [0.1, 0.15) is 58.8 Å². The van der Waals surface area contributed by atoms with Crippen molar-refractivity contribution in [3.63, 3.8) is 0 Å². The summed E-state index contributed by atoms with van der Waals surface area (Å²) in [7, 11) is 0. The second-order valence-corrected chi connectivity index (χ2v) is 6.40. The van der Waals surface area contributed by atoms with Crippen LogP contribution >= 0.6 is 0 Å².